The molecule has 0 bridgehead atoms. The summed E-state index contributed by atoms with van der Waals surface area (Å²) in [5.41, 5.74) is 4.92. The second kappa shape index (κ2) is 10.5. The molecule has 2 aromatic carbocycles. The molecular weight excluding hydrogens is 515 g/mol. The van der Waals surface area contributed by atoms with Crippen molar-refractivity contribution >= 4 is 29.1 Å². The standard InChI is InChI=1S/C27H20F3N5O2S/c1-36-24-5-3-2-4-22(24)33-26(38)34-32-15-17-6-12-21-18(14-17)7-13-23-25(21)31-16-35(23)19-8-10-20(11-9-19)37-27(28,29)30/h2-16,21H,1H3,(H,33,38)/b17-15+,34-32?. The highest BCUT2D eigenvalue weighted by Crippen LogP contribution is 2.38. The van der Waals surface area contributed by atoms with Gasteiger partial charge in [-0.05, 0) is 71.9 Å². The lowest BCUT2D eigenvalue weighted by molar-refractivity contribution is -0.274. The molecule has 1 aromatic heterocycles. The Hall–Kier alpha value is -4.51. The van der Waals surface area contributed by atoms with Crippen LogP contribution in [0.2, 0.25) is 0 Å². The first-order valence-electron chi connectivity index (χ1n) is 11.4. The third kappa shape index (κ3) is 5.57. The van der Waals surface area contributed by atoms with E-state index in [0.29, 0.717) is 17.1 Å². The molecule has 0 radical (unpaired) electrons. The molecule has 0 saturated heterocycles. The van der Waals surface area contributed by atoms with E-state index in [-0.39, 0.29) is 16.8 Å². The van der Waals surface area contributed by atoms with Gasteiger partial charge in [0.2, 0.25) is 5.11 Å². The Bertz CT molecular complexity index is 1520. The van der Waals surface area contributed by atoms with E-state index in [1.165, 1.54) is 12.1 Å². The molecule has 5 rings (SSSR count). The number of alkyl halides is 3. The monoisotopic (exact) mass is 535 g/mol. The molecule has 2 aliphatic carbocycles. The lowest BCUT2D eigenvalue weighted by Gasteiger charge is -2.22. The molecule has 1 unspecified atom stereocenters. The molecule has 0 saturated carbocycles. The van der Waals surface area contributed by atoms with Crippen LogP contribution in [0.4, 0.5) is 18.9 Å². The van der Waals surface area contributed by atoms with E-state index < -0.39 is 6.36 Å². The summed E-state index contributed by atoms with van der Waals surface area (Å²) in [5.74, 6) is 0.304. The van der Waals surface area contributed by atoms with E-state index in [9.17, 15) is 13.2 Å². The van der Waals surface area contributed by atoms with E-state index in [2.05, 4.69) is 25.3 Å². The first-order valence-corrected chi connectivity index (χ1v) is 11.8. The van der Waals surface area contributed by atoms with Gasteiger partial charge in [-0.15, -0.1) is 18.3 Å². The Kier molecular flexibility index (Phi) is 6.93. The lowest BCUT2D eigenvalue weighted by atomic mass is 9.84. The minimum absolute atomic E-state index is 0.0635. The zero-order valence-corrected chi connectivity index (χ0v) is 20.7. The molecule has 7 nitrogen and oxygen atoms in total. The average molecular weight is 536 g/mol. The van der Waals surface area contributed by atoms with E-state index in [0.717, 1.165) is 22.5 Å². The Labute approximate surface area is 221 Å². The van der Waals surface area contributed by atoms with Gasteiger partial charge in [0.05, 0.1) is 30.4 Å². The number of nitrogens with zero attached hydrogens (tertiary/aromatic N) is 4. The summed E-state index contributed by atoms with van der Waals surface area (Å²) in [7, 11) is 1.58. The summed E-state index contributed by atoms with van der Waals surface area (Å²) in [6, 6.07) is 13.0. The summed E-state index contributed by atoms with van der Waals surface area (Å²) in [5, 5.41) is 11.3. The Morgan fingerprint density at radius 2 is 1.89 bits per heavy atom. The minimum Gasteiger partial charge on any atom is -0.495 e. The van der Waals surface area contributed by atoms with Crippen LogP contribution in [0.25, 0.3) is 11.8 Å². The number of imidazole rings is 1. The fourth-order valence-corrected chi connectivity index (χ4v) is 4.29. The van der Waals surface area contributed by atoms with Crippen LogP contribution in [-0.4, -0.2) is 28.1 Å². The molecule has 1 heterocycles. The van der Waals surface area contributed by atoms with Crippen molar-refractivity contribution in [1.29, 1.82) is 0 Å². The highest BCUT2D eigenvalue weighted by atomic mass is 32.1. The number of methoxy groups -OCH3 is 1. The SMILES string of the molecule is COc1ccccc1NC(=S)N=N/C=C1\C=CC2C(=C1)C=Cc1c2ncn1-c1ccc(OC(F)(F)F)cc1. The summed E-state index contributed by atoms with van der Waals surface area (Å²) in [6.07, 6.45) is 8.37. The minimum atomic E-state index is -4.73. The van der Waals surface area contributed by atoms with Crippen molar-refractivity contribution in [3.05, 3.63) is 108 Å². The van der Waals surface area contributed by atoms with E-state index in [1.807, 2.05) is 59.2 Å². The maximum Gasteiger partial charge on any atom is 0.573 e. The van der Waals surface area contributed by atoms with E-state index in [1.54, 1.807) is 31.8 Å². The van der Waals surface area contributed by atoms with Gasteiger partial charge in [0.1, 0.15) is 17.8 Å². The third-order valence-electron chi connectivity index (χ3n) is 5.79. The van der Waals surface area contributed by atoms with Gasteiger partial charge in [0.15, 0.2) is 0 Å². The molecule has 0 amide bonds. The molecule has 192 valence electrons. The second-order valence-corrected chi connectivity index (χ2v) is 8.60. The van der Waals surface area contributed by atoms with Crippen molar-refractivity contribution < 1.29 is 22.6 Å². The van der Waals surface area contributed by atoms with Gasteiger partial charge in [-0.25, -0.2) is 4.98 Å². The maximum atomic E-state index is 12.4. The van der Waals surface area contributed by atoms with Crippen LogP contribution in [0.15, 0.2) is 107 Å². The number of benzene rings is 2. The number of halogens is 3. The lowest BCUT2D eigenvalue weighted by Crippen LogP contribution is -2.17. The number of hydrogen-bond acceptors (Lipinski definition) is 5. The highest BCUT2D eigenvalue weighted by molar-refractivity contribution is 7.80. The van der Waals surface area contributed by atoms with Crippen molar-refractivity contribution in [3.63, 3.8) is 0 Å². The molecule has 1 N–H and O–H groups in total. The number of rotatable bonds is 5. The molecule has 2 aliphatic rings. The molecule has 0 fully saturated rings. The van der Waals surface area contributed by atoms with Gasteiger partial charge < -0.3 is 14.8 Å². The van der Waals surface area contributed by atoms with Gasteiger partial charge in [-0.3, -0.25) is 4.57 Å². The number of fused-ring (bicyclic) bond motifs is 3. The number of aromatic nitrogens is 2. The third-order valence-corrected chi connectivity index (χ3v) is 5.97. The van der Waals surface area contributed by atoms with Gasteiger partial charge in [-0.2, -0.15) is 5.11 Å². The molecule has 11 heteroatoms. The average Bonchev–Trinajstić information content (AvgIpc) is 3.33. The number of nitrogens with one attached hydrogen (secondary N) is 1. The molecule has 38 heavy (non-hydrogen) atoms. The number of thiocarbonyl (C=S) groups is 1. The second-order valence-electron chi connectivity index (χ2n) is 8.22. The number of azo groups is 1. The van der Waals surface area contributed by atoms with Crippen LogP contribution in [0, 0.1) is 0 Å². The largest absolute Gasteiger partial charge is 0.573 e. The van der Waals surface area contributed by atoms with Crippen molar-refractivity contribution in [2.45, 2.75) is 12.3 Å². The molecular formula is C27H20F3N5O2S. The normalized spacial score (nSPS) is 17.2. The van der Waals surface area contributed by atoms with Gasteiger partial charge in [0, 0.05) is 11.6 Å². The van der Waals surface area contributed by atoms with Crippen LogP contribution in [0.5, 0.6) is 11.5 Å². The van der Waals surface area contributed by atoms with Crippen molar-refractivity contribution in [1.82, 2.24) is 9.55 Å². The fraction of sp³-hybridized carbons (Fsp3) is 0.111. The smallest absolute Gasteiger partial charge is 0.495 e. The predicted molar refractivity (Wildman–Crippen MR) is 141 cm³/mol. The van der Waals surface area contributed by atoms with Gasteiger partial charge in [0.25, 0.3) is 0 Å². The van der Waals surface area contributed by atoms with Crippen LogP contribution in [0.1, 0.15) is 17.3 Å². The van der Waals surface area contributed by atoms with Crippen LogP contribution in [0.3, 0.4) is 0 Å². The zero-order chi connectivity index (χ0) is 26.7. The van der Waals surface area contributed by atoms with E-state index in [4.69, 9.17) is 17.0 Å². The van der Waals surface area contributed by atoms with Crippen LogP contribution in [-0.2, 0) is 0 Å². The number of ether oxygens (including phenoxy) is 2. The molecule has 1 atom stereocenters. The summed E-state index contributed by atoms with van der Waals surface area (Å²) in [4.78, 5) is 4.58. The maximum absolute atomic E-state index is 12.4. The summed E-state index contributed by atoms with van der Waals surface area (Å²) >= 11 is 5.25. The van der Waals surface area contributed by atoms with Crippen molar-refractivity contribution in [2.75, 3.05) is 12.4 Å². The first kappa shape index (κ1) is 25.2. The fourth-order valence-electron chi connectivity index (χ4n) is 4.13. The van der Waals surface area contributed by atoms with Crippen molar-refractivity contribution in [2.24, 2.45) is 10.2 Å². The molecule has 0 aliphatic heterocycles. The molecule has 3 aromatic rings. The van der Waals surface area contributed by atoms with Crippen LogP contribution >= 0.6 is 12.2 Å². The summed E-state index contributed by atoms with van der Waals surface area (Å²) < 4.78 is 48.4. The molecule has 0 spiro atoms. The predicted octanol–water partition coefficient (Wildman–Crippen LogP) is 7.12. The first-order chi connectivity index (χ1) is 18.3. The number of hydrogen-bond donors (Lipinski definition) is 1. The highest BCUT2D eigenvalue weighted by Gasteiger charge is 2.31. The van der Waals surface area contributed by atoms with Crippen molar-refractivity contribution in [3.8, 4) is 17.2 Å². The number of para-hydroxylation sites is 2. The topological polar surface area (TPSA) is 73.0 Å². The Morgan fingerprint density at radius 1 is 1.11 bits per heavy atom. The number of anilines is 1. The number of allylic oxidation sites excluding steroid dienone is 6. The zero-order valence-electron chi connectivity index (χ0n) is 19.9. The Balaban J connectivity index is 1.28. The quantitative estimate of drug-likeness (QED) is 0.278. The van der Waals surface area contributed by atoms with Gasteiger partial charge in [-0.1, -0.05) is 30.4 Å². The Morgan fingerprint density at radius 3 is 2.66 bits per heavy atom. The van der Waals surface area contributed by atoms with Crippen LogP contribution < -0.4 is 14.8 Å². The summed E-state index contributed by atoms with van der Waals surface area (Å²) in [6.45, 7) is 0. The van der Waals surface area contributed by atoms with Gasteiger partial charge >= 0.3 is 6.36 Å². The van der Waals surface area contributed by atoms with E-state index >= 15 is 0 Å².